The molecule has 1 fully saturated rings. The van der Waals surface area contributed by atoms with Crippen LogP contribution in [0.25, 0.3) is 10.8 Å². The molecule has 0 radical (unpaired) electrons. The van der Waals surface area contributed by atoms with E-state index in [9.17, 15) is 0 Å². The summed E-state index contributed by atoms with van der Waals surface area (Å²) in [4.78, 5) is 2.51. The Labute approximate surface area is 120 Å². The zero-order chi connectivity index (χ0) is 13.9. The maximum atomic E-state index is 5.77. The molecule has 106 valence electrons. The highest BCUT2D eigenvalue weighted by Crippen LogP contribution is 2.30. The Balaban J connectivity index is 1.89. The molecule has 1 aliphatic heterocycles. The molecule has 3 rings (SSSR count). The Hall–Kier alpha value is -1.58. The van der Waals surface area contributed by atoms with Crippen LogP contribution >= 0.6 is 0 Å². The van der Waals surface area contributed by atoms with Crippen LogP contribution in [0.2, 0.25) is 0 Å². The molecule has 1 heterocycles. The molecule has 0 saturated carbocycles. The van der Waals surface area contributed by atoms with Crippen molar-refractivity contribution in [1.82, 2.24) is 4.90 Å². The number of methoxy groups -OCH3 is 1. The molecule has 1 atom stereocenters. The summed E-state index contributed by atoms with van der Waals surface area (Å²) in [6.45, 7) is 4.08. The highest BCUT2D eigenvalue weighted by atomic mass is 16.5. The van der Waals surface area contributed by atoms with Gasteiger partial charge in [-0.3, -0.25) is 4.90 Å². The Morgan fingerprint density at radius 2 is 2.00 bits per heavy atom. The van der Waals surface area contributed by atoms with E-state index in [0.29, 0.717) is 5.92 Å². The van der Waals surface area contributed by atoms with Gasteiger partial charge in [-0.15, -0.1) is 0 Å². The van der Waals surface area contributed by atoms with E-state index in [2.05, 4.69) is 41.3 Å². The molecule has 0 amide bonds. The Morgan fingerprint density at radius 1 is 1.20 bits per heavy atom. The van der Waals surface area contributed by atoms with E-state index in [1.54, 1.807) is 7.11 Å². The van der Waals surface area contributed by atoms with Crippen molar-refractivity contribution in [2.75, 3.05) is 26.7 Å². The van der Waals surface area contributed by atoms with Crippen molar-refractivity contribution in [1.29, 1.82) is 0 Å². The minimum absolute atomic E-state index is 0.666. The standard InChI is InChI=1S/C17H22N2O/c1-20-17-7-6-14(15-4-2-3-5-16(15)17)12-19-9-8-13(10-18)11-19/h2-7,13H,8-12,18H2,1H3. The SMILES string of the molecule is COc1ccc(CN2CCC(CN)C2)c2ccccc12. The molecule has 20 heavy (non-hydrogen) atoms. The van der Waals surface area contributed by atoms with Gasteiger partial charge >= 0.3 is 0 Å². The number of likely N-dealkylation sites (tertiary alicyclic amines) is 1. The molecule has 0 spiro atoms. The van der Waals surface area contributed by atoms with E-state index in [1.165, 1.54) is 22.8 Å². The number of benzene rings is 2. The van der Waals surface area contributed by atoms with E-state index >= 15 is 0 Å². The van der Waals surface area contributed by atoms with Crippen molar-refractivity contribution in [2.45, 2.75) is 13.0 Å². The van der Waals surface area contributed by atoms with Crippen molar-refractivity contribution in [3.05, 3.63) is 42.0 Å². The van der Waals surface area contributed by atoms with Gasteiger partial charge in [0.25, 0.3) is 0 Å². The quantitative estimate of drug-likeness (QED) is 0.928. The Bertz CT molecular complexity index is 597. The van der Waals surface area contributed by atoms with E-state index in [0.717, 1.165) is 31.9 Å². The zero-order valence-corrected chi connectivity index (χ0v) is 12.0. The first kappa shape index (κ1) is 13.4. The normalized spacial score (nSPS) is 19.6. The van der Waals surface area contributed by atoms with Gasteiger partial charge in [-0.25, -0.2) is 0 Å². The molecule has 0 bridgehead atoms. The number of rotatable bonds is 4. The lowest BCUT2D eigenvalue weighted by Crippen LogP contribution is -2.22. The Kier molecular flexibility index (Phi) is 3.90. The molecule has 2 aromatic carbocycles. The molecule has 2 N–H and O–H groups in total. The van der Waals surface area contributed by atoms with E-state index in [-0.39, 0.29) is 0 Å². The highest BCUT2D eigenvalue weighted by Gasteiger charge is 2.21. The molecular formula is C17H22N2O. The van der Waals surface area contributed by atoms with E-state index in [4.69, 9.17) is 10.5 Å². The summed E-state index contributed by atoms with van der Waals surface area (Å²) >= 11 is 0. The maximum Gasteiger partial charge on any atom is 0.126 e. The van der Waals surface area contributed by atoms with Crippen molar-refractivity contribution in [2.24, 2.45) is 11.7 Å². The van der Waals surface area contributed by atoms with E-state index in [1.807, 2.05) is 0 Å². The van der Waals surface area contributed by atoms with Gasteiger partial charge in [-0.2, -0.15) is 0 Å². The number of nitrogens with two attached hydrogens (primary N) is 1. The number of hydrogen-bond acceptors (Lipinski definition) is 3. The highest BCUT2D eigenvalue weighted by molar-refractivity contribution is 5.91. The molecule has 3 nitrogen and oxygen atoms in total. The molecule has 2 aromatic rings. The summed E-state index contributed by atoms with van der Waals surface area (Å²) in [5.74, 6) is 1.62. The van der Waals surface area contributed by atoms with Crippen LogP contribution in [0, 0.1) is 5.92 Å². The zero-order valence-electron chi connectivity index (χ0n) is 12.0. The van der Waals surface area contributed by atoms with Crippen LogP contribution in [-0.4, -0.2) is 31.6 Å². The second-order valence-electron chi connectivity index (χ2n) is 5.60. The second-order valence-corrected chi connectivity index (χ2v) is 5.60. The average molecular weight is 270 g/mol. The number of nitrogens with zero attached hydrogens (tertiary/aromatic N) is 1. The summed E-state index contributed by atoms with van der Waals surface area (Å²) < 4.78 is 5.46. The number of hydrogen-bond donors (Lipinski definition) is 1. The molecule has 1 saturated heterocycles. The van der Waals surface area contributed by atoms with Gasteiger partial charge in [0.1, 0.15) is 5.75 Å². The van der Waals surface area contributed by atoms with Crippen LogP contribution in [0.15, 0.2) is 36.4 Å². The first-order valence-electron chi connectivity index (χ1n) is 7.29. The molecule has 0 aromatic heterocycles. The third-order valence-corrected chi connectivity index (χ3v) is 4.29. The lowest BCUT2D eigenvalue weighted by atomic mass is 10.0. The van der Waals surface area contributed by atoms with Crippen LogP contribution in [0.5, 0.6) is 5.75 Å². The van der Waals surface area contributed by atoms with Crippen LogP contribution in [0.3, 0.4) is 0 Å². The third-order valence-electron chi connectivity index (χ3n) is 4.29. The fourth-order valence-electron chi connectivity index (χ4n) is 3.14. The summed E-state index contributed by atoms with van der Waals surface area (Å²) in [5.41, 5.74) is 7.15. The summed E-state index contributed by atoms with van der Waals surface area (Å²) in [5, 5.41) is 2.49. The van der Waals surface area contributed by atoms with Crippen molar-refractivity contribution >= 4 is 10.8 Å². The predicted octanol–water partition coefficient (Wildman–Crippen LogP) is 2.63. The second kappa shape index (κ2) is 5.81. The molecule has 0 aliphatic carbocycles. The van der Waals surface area contributed by atoms with Crippen LogP contribution in [0.4, 0.5) is 0 Å². The van der Waals surface area contributed by atoms with Gasteiger partial charge in [0.15, 0.2) is 0 Å². The minimum atomic E-state index is 0.666. The van der Waals surface area contributed by atoms with Gasteiger partial charge in [-0.1, -0.05) is 30.3 Å². The average Bonchev–Trinajstić information content (AvgIpc) is 2.95. The first-order valence-corrected chi connectivity index (χ1v) is 7.29. The van der Waals surface area contributed by atoms with Crippen molar-refractivity contribution in [3.8, 4) is 5.75 Å². The smallest absolute Gasteiger partial charge is 0.126 e. The fourth-order valence-corrected chi connectivity index (χ4v) is 3.14. The summed E-state index contributed by atoms with van der Waals surface area (Å²) in [6, 6.07) is 12.7. The van der Waals surface area contributed by atoms with Gasteiger partial charge in [-0.05, 0) is 42.4 Å². The lowest BCUT2D eigenvalue weighted by Gasteiger charge is -2.18. The van der Waals surface area contributed by atoms with Gasteiger partial charge < -0.3 is 10.5 Å². The lowest BCUT2D eigenvalue weighted by molar-refractivity contribution is 0.319. The molecule has 3 heteroatoms. The first-order chi connectivity index (χ1) is 9.81. The van der Waals surface area contributed by atoms with E-state index < -0.39 is 0 Å². The molecule has 1 aliphatic rings. The van der Waals surface area contributed by atoms with Gasteiger partial charge in [0.2, 0.25) is 0 Å². The topological polar surface area (TPSA) is 38.5 Å². The largest absolute Gasteiger partial charge is 0.496 e. The fraction of sp³-hybridized carbons (Fsp3) is 0.412. The molecule has 1 unspecified atom stereocenters. The van der Waals surface area contributed by atoms with Crippen molar-refractivity contribution in [3.63, 3.8) is 0 Å². The number of ether oxygens (including phenoxy) is 1. The molecular weight excluding hydrogens is 248 g/mol. The Morgan fingerprint density at radius 3 is 2.70 bits per heavy atom. The van der Waals surface area contributed by atoms with Crippen LogP contribution < -0.4 is 10.5 Å². The van der Waals surface area contributed by atoms with Crippen LogP contribution in [0.1, 0.15) is 12.0 Å². The minimum Gasteiger partial charge on any atom is -0.496 e. The monoisotopic (exact) mass is 270 g/mol. The predicted molar refractivity (Wildman–Crippen MR) is 82.9 cm³/mol. The maximum absolute atomic E-state index is 5.77. The summed E-state index contributed by atoms with van der Waals surface area (Å²) in [6.07, 6.45) is 1.23. The van der Waals surface area contributed by atoms with Gasteiger partial charge in [0, 0.05) is 18.5 Å². The number of fused-ring (bicyclic) bond motifs is 1. The van der Waals surface area contributed by atoms with Crippen LogP contribution in [-0.2, 0) is 6.54 Å². The third kappa shape index (κ3) is 2.51. The summed E-state index contributed by atoms with van der Waals surface area (Å²) in [7, 11) is 1.73. The van der Waals surface area contributed by atoms with Crippen molar-refractivity contribution < 1.29 is 4.74 Å². The van der Waals surface area contributed by atoms with Gasteiger partial charge in [0.05, 0.1) is 7.11 Å².